The molecule has 0 saturated carbocycles. The number of rotatable bonds is 6. The van der Waals surface area contributed by atoms with Crippen LogP contribution in [0, 0.1) is 0 Å². The van der Waals surface area contributed by atoms with Crippen LogP contribution in [0.2, 0.25) is 0 Å². The standard InChI is InChI=1S/C13H19NOS/c1-11(8-9-16-3)14(2)13-6-4-12(10-15)5-7-13/h4-7,10-11H,8-9H2,1-3H3. The first-order valence-electron chi connectivity index (χ1n) is 5.46. The number of thioether (sulfide) groups is 1. The first kappa shape index (κ1) is 13.1. The summed E-state index contributed by atoms with van der Waals surface area (Å²) >= 11 is 1.88. The van der Waals surface area contributed by atoms with Gasteiger partial charge in [-0.3, -0.25) is 4.79 Å². The number of aldehydes is 1. The molecule has 0 bridgehead atoms. The van der Waals surface area contributed by atoms with E-state index in [0.29, 0.717) is 6.04 Å². The van der Waals surface area contributed by atoms with Crippen molar-refractivity contribution < 1.29 is 4.79 Å². The lowest BCUT2D eigenvalue weighted by atomic mass is 10.1. The van der Waals surface area contributed by atoms with Crippen molar-refractivity contribution in [3.63, 3.8) is 0 Å². The van der Waals surface area contributed by atoms with Gasteiger partial charge in [-0.2, -0.15) is 11.8 Å². The molecule has 0 radical (unpaired) electrons. The van der Waals surface area contributed by atoms with Gasteiger partial charge in [-0.1, -0.05) is 0 Å². The van der Waals surface area contributed by atoms with E-state index in [0.717, 1.165) is 11.8 Å². The summed E-state index contributed by atoms with van der Waals surface area (Å²) in [7, 11) is 2.10. The average molecular weight is 237 g/mol. The Labute approximate surface area is 102 Å². The van der Waals surface area contributed by atoms with E-state index in [4.69, 9.17) is 0 Å². The predicted molar refractivity (Wildman–Crippen MR) is 72.7 cm³/mol. The Balaban J connectivity index is 2.64. The number of anilines is 1. The van der Waals surface area contributed by atoms with Crippen LogP contribution in [0.3, 0.4) is 0 Å². The summed E-state index contributed by atoms with van der Waals surface area (Å²) in [6.45, 7) is 2.23. The minimum atomic E-state index is 0.523. The second-order valence-corrected chi connectivity index (χ2v) is 4.94. The topological polar surface area (TPSA) is 20.3 Å². The highest BCUT2D eigenvalue weighted by molar-refractivity contribution is 7.98. The van der Waals surface area contributed by atoms with Crippen LogP contribution in [0.15, 0.2) is 24.3 Å². The van der Waals surface area contributed by atoms with Crippen molar-refractivity contribution in [1.29, 1.82) is 0 Å². The Hall–Kier alpha value is -0.960. The SMILES string of the molecule is CSCCC(C)N(C)c1ccc(C=O)cc1. The van der Waals surface area contributed by atoms with E-state index in [1.54, 1.807) is 0 Å². The molecule has 0 amide bonds. The fourth-order valence-corrected chi connectivity index (χ4v) is 2.10. The first-order chi connectivity index (χ1) is 7.69. The van der Waals surface area contributed by atoms with Crippen LogP contribution in [0.4, 0.5) is 5.69 Å². The molecule has 2 nitrogen and oxygen atoms in total. The van der Waals surface area contributed by atoms with Crippen molar-refractivity contribution in [2.45, 2.75) is 19.4 Å². The van der Waals surface area contributed by atoms with Crippen LogP contribution in [-0.2, 0) is 0 Å². The Bertz CT molecular complexity index is 323. The van der Waals surface area contributed by atoms with Gasteiger partial charge in [0.05, 0.1) is 0 Å². The maximum Gasteiger partial charge on any atom is 0.150 e. The minimum Gasteiger partial charge on any atom is -0.372 e. The summed E-state index contributed by atoms with van der Waals surface area (Å²) < 4.78 is 0. The molecule has 0 spiro atoms. The van der Waals surface area contributed by atoms with Crippen molar-refractivity contribution in [2.24, 2.45) is 0 Å². The highest BCUT2D eigenvalue weighted by Gasteiger charge is 2.09. The number of carbonyl (C=O) groups is 1. The number of hydrogen-bond acceptors (Lipinski definition) is 3. The summed E-state index contributed by atoms with van der Waals surface area (Å²) in [5, 5.41) is 0. The van der Waals surface area contributed by atoms with Gasteiger partial charge in [-0.25, -0.2) is 0 Å². The summed E-state index contributed by atoms with van der Waals surface area (Å²) in [4.78, 5) is 12.8. The van der Waals surface area contributed by atoms with E-state index in [-0.39, 0.29) is 0 Å². The molecule has 1 rings (SSSR count). The molecule has 3 heteroatoms. The number of benzene rings is 1. The third-order valence-corrected chi connectivity index (χ3v) is 3.48. The molecule has 1 aromatic rings. The van der Waals surface area contributed by atoms with Gasteiger partial charge in [0.2, 0.25) is 0 Å². The van der Waals surface area contributed by atoms with Gasteiger partial charge in [0.1, 0.15) is 6.29 Å². The van der Waals surface area contributed by atoms with E-state index in [1.807, 2.05) is 36.0 Å². The molecule has 0 heterocycles. The highest BCUT2D eigenvalue weighted by Crippen LogP contribution is 2.17. The Morgan fingerprint density at radius 1 is 1.38 bits per heavy atom. The number of carbonyl (C=O) groups excluding carboxylic acids is 1. The normalized spacial score (nSPS) is 12.2. The zero-order valence-electron chi connectivity index (χ0n) is 10.1. The van der Waals surface area contributed by atoms with Crippen molar-refractivity contribution in [3.05, 3.63) is 29.8 Å². The van der Waals surface area contributed by atoms with Gasteiger partial charge in [-0.05, 0) is 49.6 Å². The molecule has 88 valence electrons. The van der Waals surface area contributed by atoms with E-state index < -0.39 is 0 Å². The van der Waals surface area contributed by atoms with E-state index in [9.17, 15) is 4.79 Å². The van der Waals surface area contributed by atoms with Crippen LogP contribution in [0.25, 0.3) is 0 Å². The zero-order valence-corrected chi connectivity index (χ0v) is 11.0. The van der Waals surface area contributed by atoms with Gasteiger partial charge in [0, 0.05) is 24.3 Å². The van der Waals surface area contributed by atoms with E-state index in [1.165, 1.54) is 17.9 Å². The smallest absolute Gasteiger partial charge is 0.150 e. The molecule has 0 aliphatic carbocycles. The Kier molecular flexibility index (Phi) is 5.39. The lowest BCUT2D eigenvalue weighted by molar-refractivity contribution is 0.112. The second kappa shape index (κ2) is 6.59. The lowest BCUT2D eigenvalue weighted by Gasteiger charge is -2.27. The third-order valence-electron chi connectivity index (χ3n) is 2.84. The van der Waals surface area contributed by atoms with Gasteiger partial charge >= 0.3 is 0 Å². The van der Waals surface area contributed by atoms with Crippen molar-refractivity contribution in [3.8, 4) is 0 Å². The molecule has 1 atom stereocenters. The molecule has 0 saturated heterocycles. The van der Waals surface area contributed by atoms with Crippen LogP contribution < -0.4 is 4.90 Å². The predicted octanol–water partition coefficient (Wildman–Crippen LogP) is 3.08. The summed E-state index contributed by atoms with van der Waals surface area (Å²) in [6.07, 6.45) is 4.18. The molecule has 1 aromatic carbocycles. The fraction of sp³-hybridized carbons (Fsp3) is 0.462. The summed E-state index contributed by atoms with van der Waals surface area (Å²) in [5.74, 6) is 1.18. The Morgan fingerprint density at radius 3 is 2.50 bits per heavy atom. The molecule has 0 aliphatic rings. The zero-order chi connectivity index (χ0) is 12.0. The lowest BCUT2D eigenvalue weighted by Crippen LogP contribution is -2.29. The van der Waals surface area contributed by atoms with Crippen LogP contribution in [0.5, 0.6) is 0 Å². The van der Waals surface area contributed by atoms with Crippen molar-refractivity contribution in [2.75, 3.05) is 24.0 Å². The summed E-state index contributed by atoms with van der Waals surface area (Å²) in [5.41, 5.74) is 1.90. The van der Waals surface area contributed by atoms with E-state index in [2.05, 4.69) is 25.1 Å². The first-order valence-corrected chi connectivity index (χ1v) is 6.85. The van der Waals surface area contributed by atoms with Crippen molar-refractivity contribution in [1.82, 2.24) is 0 Å². The molecule has 0 fully saturated rings. The maximum atomic E-state index is 10.5. The molecule has 0 N–H and O–H groups in total. The third kappa shape index (κ3) is 3.56. The summed E-state index contributed by atoms with van der Waals surface area (Å²) in [6, 6.07) is 8.24. The average Bonchev–Trinajstić information content (AvgIpc) is 2.35. The number of nitrogens with zero attached hydrogens (tertiary/aromatic N) is 1. The largest absolute Gasteiger partial charge is 0.372 e. The highest BCUT2D eigenvalue weighted by atomic mass is 32.2. The quantitative estimate of drug-likeness (QED) is 0.709. The van der Waals surface area contributed by atoms with Crippen molar-refractivity contribution >= 4 is 23.7 Å². The van der Waals surface area contributed by atoms with E-state index >= 15 is 0 Å². The Morgan fingerprint density at radius 2 is 2.00 bits per heavy atom. The van der Waals surface area contributed by atoms with Gasteiger partial charge in [0.15, 0.2) is 0 Å². The molecular formula is C13H19NOS. The fourth-order valence-electron chi connectivity index (χ4n) is 1.52. The van der Waals surface area contributed by atoms with Gasteiger partial charge in [0.25, 0.3) is 0 Å². The van der Waals surface area contributed by atoms with Crippen LogP contribution >= 0.6 is 11.8 Å². The molecule has 0 aliphatic heterocycles. The maximum absolute atomic E-state index is 10.5. The second-order valence-electron chi connectivity index (χ2n) is 3.95. The minimum absolute atomic E-state index is 0.523. The van der Waals surface area contributed by atoms with Crippen LogP contribution in [-0.4, -0.2) is 31.4 Å². The molecule has 0 aromatic heterocycles. The van der Waals surface area contributed by atoms with Gasteiger partial charge in [-0.15, -0.1) is 0 Å². The van der Waals surface area contributed by atoms with Gasteiger partial charge < -0.3 is 4.90 Å². The molecule has 1 unspecified atom stereocenters. The number of hydrogen-bond donors (Lipinski definition) is 0. The molecule has 16 heavy (non-hydrogen) atoms. The monoisotopic (exact) mass is 237 g/mol. The van der Waals surface area contributed by atoms with Crippen LogP contribution in [0.1, 0.15) is 23.7 Å². The molecular weight excluding hydrogens is 218 g/mol.